The lowest BCUT2D eigenvalue weighted by atomic mass is 9.79. The van der Waals surface area contributed by atoms with E-state index in [1.165, 1.54) is 76.2 Å². The van der Waals surface area contributed by atoms with Gasteiger partial charge in [0.15, 0.2) is 0 Å². The molecule has 3 nitrogen and oxygen atoms in total. The molecule has 0 aliphatic heterocycles. The van der Waals surface area contributed by atoms with Gasteiger partial charge < -0.3 is 9.47 Å². The second-order valence-corrected chi connectivity index (χ2v) is 11.3. The predicted octanol–water partition coefficient (Wildman–Crippen LogP) is 9.99. The van der Waals surface area contributed by atoms with E-state index in [2.05, 4.69) is 45.1 Å². The Morgan fingerprint density at radius 3 is 2.32 bits per heavy atom. The van der Waals surface area contributed by atoms with Gasteiger partial charge in [-0.05, 0) is 111 Å². The van der Waals surface area contributed by atoms with Crippen molar-refractivity contribution in [2.24, 2.45) is 17.8 Å². The largest absolute Gasteiger partial charge is 0.494 e. The molecule has 1 aliphatic carbocycles. The van der Waals surface area contributed by atoms with Crippen LogP contribution in [-0.2, 0) is 6.42 Å². The molecule has 38 heavy (non-hydrogen) atoms. The molecule has 208 valence electrons. The van der Waals surface area contributed by atoms with Crippen molar-refractivity contribution in [3.8, 4) is 11.5 Å². The molecule has 1 atom stereocenters. The van der Waals surface area contributed by atoms with Gasteiger partial charge in [0, 0.05) is 0 Å². The second-order valence-electron chi connectivity index (χ2n) is 11.3. The van der Waals surface area contributed by atoms with Crippen LogP contribution in [0.2, 0.25) is 0 Å². The zero-order valence-electron chi connectivity index (χ0n) is 24.1. The number of ether oxygens (including phenoxy) is 2. The molecule has 3 heteroatoms. The molecule has 0 spiro atoms. The number of carbonyl (C=O) groups excluding carboxylic acids is 1. The molecule has 1 fully saturated rings. The average Bonchev–Trinajstić information content (AvgIpc) is 2.95. The number of hydrogen-bond donors (Lipinski definition) is 0. The smallest absolute Gasteiger partial charge is 0.343 e. The van der Waals surface area contributed by atoms with Crippen LogP contribution in [0.15, 0.2) is 60.7 Å². The van der Waals surface area contributed by atoms with Gasteiger partial charge in [-0.15, -0.1) is 0 Å². The first-order valence-corrected chi connectivity index (χ1v) is 15.3. The molecule has 1 saturated carbocycles. The van der Waals surface area contributed by atoms with Crippen LogP contribution in [0.1, 0.15) is 114 Å². The van der Waals surface area contributed by atoms with E-state index in [-0.39, 0.29) is 5.97 Å². The van der Waals surface area contributed by atoms with Crippen LogP contribution in [0.4, 0.5) is 0 Å². The van der Waals surface area contributed by atoms with Crippen LogP contribution < -0.4 is 9.47 Å². The Balaban J connectivity index is 1.33. The monoisotopic (exact) mass is 518 g/mol. The molecular weight excluding hydrogens is 468 g/mol. The van der Waals surface area contributed by atoms with Crippen molar-refractivity contribution in [2.75, 3.05) is 6.61 Å². The lowest BCUT2D eigenvalue weighted by molar-refractivity contribution is 0.0734. The summed E-state index contributed by atoms with van der Waals surface area (Å²) < 4.78 is 11.5. The third-order valence-corrected chi connectivity index (χ3v) is 8.13. The van der Waals surface area contributed by atoms with Crippen molar-refractivity contribution in [1.29, 1.82) is 0 Å². The standard InChI is InChI=1S/C35H50O3/c1-4-6-8-12-29-13-15-30(16-14-29)17-18-31-19-23-34(24-20-31)38-35(36)32-21-25-33(26-22-32)37-27-10-7-9-11-28(3)5-2/h8,12,19-26,28-30H,4-7,9-11,13-18,27H2,1-3H3/b12-8-/t28-,29?,30?/m0/s1. The van der Waals surface area contributed by atoms with E-state index < -0.39 is 0 Å². The van der Waals surface area contributed by atoms with E-state index in [4.69, 9.17) is 9.47 Å². The summed E-state index contributed by atoms with van der Waals surface area (Å²) >= 11 is 0. The number of unbranched alkanes of at least 4 members (excludes halogenated alkanes) is 3. The highest BCUT2D eigenvalue weighted by Gasteiger charge is 2.19. The Kier molecular flexibility index (Phi) is 13.5. The molecule has 2 aromatic carbocycles. The van der Waals surface area contributed by atoms with Gasteiger partial charge in [-0.2, -0.15) is 0 Å². The number of hydrogen-bond acceptors (Lipinski definition) is 3. The molecule has 0 aromatic heterocycles. The van der Waals surface area contributed by atoms with Crippen molar-refractivity contribution in [1.82, 2.24) is 0 Å². The maximum atomic E-state index is 12.6. The molecule has 1 aliphatic rings. The van der Waals surface area contributed by atoms with Crippen LogP contribution in [-0.4, -0.2) is 12.6 Å². The fraction of sp³-hybridized carbons (Fsp3) is 0.571. The first-order valence-electron chi connectivity index (χ1n) is 15.3. The molecule has 0 bridgehead atoms. The van der Waals surface area contributed by atoms with Gasteiger partial charge in [-0.1, -0.05) is 77.2 Å². The van der Waals surface area contributed by atoms with Crippen LogP contribution in [0.5, 0.6) is 11.5 Å². The minimum Gasteiger partial charge on any atom is -0.494 e. The summed E-state index contributed by atoms with van der Waals surface area (Å²) in [5.41, 5.74) is 1.85. The molecule has 0 unspecified atom stereocenters. The Morgan fingerprint density at radius 2 is 1.63 bits per heavy atom. The summed E-state index contributed by atoms with van der Waals surface area (Å²) in [6.07, 6.45) is 21.1. The molecule has 0 N–H and O–H groups in total. The number of allylic oxidation sites excluding steroid dienone is 2. The lowest BCUT2D eigenvalue weighted by Gasteiger charge is -2.26. The minimum atomic E-state index is -0.334. The Labute approximate surface area is 232 Å². The molecular formula is C35H50O3. The Hall–Kier alpha value is -2.55. The van der Waals surface area contributed by atoms with Crippen LogP contribution in [0.25, 0.3) is 0 Å². The minimum absolute atomic E-state index is 0.334. The Bertz CT molecular complexity index is 936. The lowest BCUT2D eigenvalue weighted by Crippen LogP contribution is -2.13. The maximum absolute atomic E-state index is 12.6. The average molecular weight is 519 g/mol. The van der Waals surface area contributed by atoms with Crippen LogP contribution in [0.3, 0.4) is 0 Å². The first-order chi connectivity index (χ1) is 18.6. The highest BCUT2D eigenvalue weighted by atomic mass is 16.5. The van der Waals surface area contributed by atoms with Crippen molar-refractivity contribution in [2.45, 2.75) is 104 Å². The molecule has 0 heterocycles. The molecule has 0 saturated heterocycles. The van der Waals surface area contributed by atoms with Gasteiger partial charge in [0.2, 0.25) is 0 Å². The second kappa shape index (κ2) is 17.1. The molecule has 0 amide bonds. The van der Waals surface area contributed by atoms with Crippen LogP contribution >= 0.6 is 0 Å². The van der Waals surface area contributed by atoms with Crippen molar-refractivity contribution >= 4 is 5.97 Å². The first kappa shape index (κ1) is 30.0. The number of esters is 1. The fourth-order valence-electron chi connectivity index (χ4n) is 5.24. The fourth-order valence-corrected chi connectivity index (χ4v) is 5.24. The third-order valence-electron chi connectivity index (χ3n) is 8.13. The maximum Gasteiger partial charge on any atom is 0.343 e. The van der Waals surface area contributed by atoms with E-state index in [0.717, 1.165) is 36.3 Å². The van der Waals surface area contributed by atoms with Gasteiger partial charge in [0.1, 0.15) is 11.5 Å². The number of rotatable bonds is 16. The molecule has 2 aromatic rings. The number of aryl methyl sites for hydroxylation is 1. The molecule has 0 radical (unpaired) electrons. The van der Waals surface area contributed by atoms with Gasteiger partial charge in [0.25, 0.3) is 0 Å². The zero-order chi connectivity index (χ0) is 27.0. The summed E-state index contributed by atoms with van der Waals surface area (Å²) in [6.45, 7) is 7.53. The van der Waals surface area contributed by atoms with E-state index in [0.29, 0.717) is 17.9 Å². The quantitative estimate of drug-likeness (QED) is 0.0959. The normalized spacial score (nSPS) is 18.4. The van der Waals surface area contributed by atoms with Gasteiger partial charge in [-0.3, -0.25) is 0 Å². The van der Waals surface area contributed by atoms with Gasteiger partial charge >= 0.3 is 5.97 Å². The van der Waals surface area contributed by atoms with Crippen molar-refractivity contribution in [3.63, 3.8) is 0 Å². The SMILES string of the molecule is CCC/C=C\C1CCC(CCc2ccc(OC(=O)c3ccc(OCCCCC[C@@H](C)CC)cc3)cc2)CC1. The Morgan fingerprint density at radius 1 is 0.921 bits per heavy atom. The summed E-state index contributed by atoms with van der Waals surface area (Å²) in [7, 11) is 0. The highest BCUT2D eigenvalue weighted by molar-refractivity contribution is 5.91. The van der Waals surface area contributed by atoms with E-state index >= 15 is 0 Å². The summed E-state index contributed by atoms with van der Waals surface area (Å²) in [5.74, 6) is 3.51. The topological polar surface area (TPSA) is 35.5 Å². The molecule has 3 rings (SSSR count). The summed E-state index contributed by atoms with van der Waals surface area (Å²) in [6, 6.07) is 15.3. The highest BCUT2D eigenvalue weighted by Crippen LogP contribution is 2.32. The van der Waals surface area contributed by atoms with E-state index in [1.807, 2.05) is 24.3 Å². The van der Waals surface area contributed by atoms with E-state index in [9.17, 15) is 4.79 Å². The van der Waals surface area contributed by atoms with Crippen molar-refractivity contribution in [3.05, 3.63) is 71.8 Å². The van der Waals surface area contributed by atoms with Gasteiger partial charge in [-0.25, -0.2) is 4.79 Å². The predicted molar refractivity (Wildman–Crippen MR) is 159 cm³/mol. The van der Waals surface area contributed by atoms with Gasteiger partial charge in [0.05, 0.1) is 12.2 Å². The van der Waals surface area contributed by atoms with E-state index in [1.54, 1.807) is 12.1 Å². The third kappa shape index (κ3) is 11.1. The number of benzene rings is 2. The van der Waals surface area contributed by atoms with Crippen LogP contribution in [0, 0.1) is 17.8 Å². The zero-order valence-corrected chi connectivity index (χ0v) is 24.1. The number of carbonyl (C=O) groups is 1. The summed E-state index contributed by atoms with van der Waals surface area (Å²) in [5, 5.41) is 0. The van der Waals surface area contributed by atoms with Crippen molar-refractivity contribution < 1.29 is 14.3 Å². The summed E-state index contributed by atoms with van der Waals surface area (Å²) in [4.78, 5) is 12.6.